The Morgan fingerprint density at radius 2 is 1.62 bits per heavy atom. The van der Waals surface area contributed by atoms with Gasteiger partial charge in [-0.05, 0) is 12.3 Å². The molecule has 0 aliphatic rings. The number of sulfone groups is 1. The minimum atomic E-state index is -2.92. The molecule has 0 saturated heterocycles. The van der Waals surface area contributed by atoms with Gasteiger partial charge in [-0.15, -0.1) is 24.0 Å². The van der Waals surface area contributed by atoms with Gasteiger partial charge in [-0.2, -0.15) is 0 Å². The molecule has 5 nitrogen and oxygen atoms in total. The Labute approximate surface area is 147 Å². The summed E-state index contributed by atoms with van der Waals surface area (Å²) < 4.78 is 22.0. The van der Waals surface area contributed by atoms with Crippen molar-refractivity contribution in [3.05, 3.63) is 0 Å². The zero-order valence-corrected chi connectivity index (χ0v) is 17.0. The summed E-state index contributed by atoms with van der Waals surface area (Å²) in [7, 11) is -1.22. The zero-order chi connectivity index (χ0) is 15.4. The maximum Gasteiger partial charge on any atom is 0.191 e. The van der Waals surface area contributed by atoms with Gasteiger partial charge >= 0.3 is 0 Å². The van der Waals surface area contributed by atoms with Gasteiger partial charge in [-0.1, -0.05) is 39.5 Å². The number of nitrogens with one attached hydrogen (secondary N) is 2. The van der Waals surface area contributed by atoms with Crippen molar-refractivity contribution in [3.63, 3.8) is 0 Å². The van der Waals surface area contributed by atoms with Crippen molar-refractivity contribution in [1.82, 2.24) is 10.6 Å². The third-order valence-electron chi connectivity index (χ3n) is 2.99. The topological polar surface area (TPSA) is 70.6 Å². The lowest BCUT2D eigenvalue weighted by Crippen LogP contribution is -2.39. The number of rotatable bonds is 10. The van der Waals surface area contributed by atoms with Crippen molar-refractivity contribution in [2.75, 3.05) is 32.1 Å². The summed E-state index contributed by atoms with van der Waals surface area (Å²) in [6.45, 7) is 5.79. The van der Waals surface area contributed by atoms with Crippen LogP contribution in [0.2, 0.25) is 0 Å². The van der Waals surface area contributed by atoms with Crippen LogP contribution < -0.4 is 10.6 Å². The van der Waals surface area contributed by atoms with E-state index in [9.17, 15) is 8.42 Å². The molecule has 0 amide bonds. The molecule has 0 spiro atoms. The fraction of sp³-hybridized carbons (Fsp3) is 0.929. The summed E-state index contributed by atoms with van der Waals surface area (Å²) in [5, 5.41) is 6.20. The number of aliphatic imine (C=N–C) groups is 1. The fourth-order valence-electron chi connectivity index (χ4n) is 1.81. The smallest absolute Gasteiger partial charge is 0.191 e. The number of guanidine groups is 1. The standard InChI is InChI=1S/C14H31N3O2S.HI/c1-13(2)9-7-5-6-8-10-16-14(15-3)17-11-12-20(4,18)19;/h13H,5-12H2,1-4H3,(H2,15,16,17);1H. The predicted molar refractivity (Wildman–Crippen MR) is 102 cm³/mol. The SMILES string of the molecule is CN=C(NCCCCCCC(C)C)NCCS(C)(=O)=O.I. The molecule has 0 heterocycles. The summed E-state index contributed by atoms with van der Waals surface area (Å²) >= 11 is 0. The highest BCUT2D eigenvalue weighted by atomic mass is 127. The van der Waals surface area contributed by atoms with Gasteiger partial charge in [0, 0.05) is 26.4 Å². The third-order valence-corrected chi connectivity index (χ3v) is 3.94. The van der Waals surface area contributed by atoms with Gasteiger partial charge < -0.3 is 10.6 Å². The number of unbranched alkanes of at least 4 members (excludes halogenated alkanes) is 3. The van der Waals surface area contributed by atoms with E-state index in [0.717, 1.165) is 18.9 Å². The van der Waals surface area contributed by atoms with Crippen LogP contribution in [0.4, 0.5) is 0 Å². The van der Waals surface area contributed by atoms with Gasteiger partial charge in [-0.25, -0.2) is 8.42 Å². The molecule has 0 radical (unpaired) electrons. The van der Waals surface area contributed by atoms with Gasteiger partial charge in [0.2, 0.25) is 0 Å². The van der Waals surface area contributed by atoms with Crippen LogP contribution in [0.1, 0.15) is 46.0 Å². The average Bonchev–Trinajstić information content (AvgIpc) is 2.33. The van der Waals surface area contributed by atoms with Crippen molar-refractivity contribution < 1.29 is 8.42 Å². The van der Waals surface area contributed by atoms with E-state index in [1.165, 1.54) is 31.9 Å². The monoisotopic (exact) mass is 433 g/mol. The second kappa shape index (κ2) is 13.6. The van der Waals surface area contributed by atoms with Gasteiger partial charge in [0.1, 0.15) is 9.84 Å². The van der Waals surface area contributed by atoms with Crippen LogP contribution in [0.3, 0.4) is 0 Å². The molecular weight excluding hydrogens is 401 g/mol. The van der Waals surface area contributed by atoms with Crippen molar-refractivity contribution >= 4 is 39.8 Å². The van der Waals surface area contributed by atoms with Crippen molar-refractivity contribution in [3.8, 4) is 0 Å². The number of hydrogen-bond donors (Lipinski definition) is 2. The normalized spacial score (nSPS) is 12.1. The van der Waals surface area contributed by atoms with E-state index in [-0.39, 0.29) is 29.7 Å². The lowest BCUT2D eigenvalue weighted by Gasteiger charge is -2.11. The van der Waals surface area contributed by atoms with E-state index in [0.29, 0.717) is 12.5 Å². The predicted octanol–water partition coefficient (Wildman–Crippen LogP) is 2.42. The summed E-state index contributed by atoms with van der Waals surface area (Å²) in [5.41, 5.74) is 0. The molecule has 0 aliphatic carbocycles. The molecule has 0 aromatic rings. The first-order valence-electron chi connectivity index (χ1n) is 7.47. The van der Waals surface area contributed by atoms with Gasteiger partial charge in [0.15, 0.2) is 5.96 Å². The second-order valence-corrected chi connectivity index (χ2v) is 7.91. The maximum atomic E-state index is 11.0. The molecule has 0 saturated carbocycles. The van der Waals surface area contributed by atoms with Crippen LogP contribution >= 0.6 is 24.0 Å². The molecule has 2 N–H and O–H groups in total. The molecule has 0 fully saturated rings. The lowest BCUT2D eigenvalue weighted by atomic mass is 10.0. The minimum absolute atomic E-state index is 0. The van der Waals surface area contributed by atoms with Crippen LogP contribution in [-0.2, 0) is 9.84 Å². The third kappa shape index (κ3) is 17.9. The summed E-state index contributed by atoms with van der Waals surface area (Å²) in [6.07, 6.45) is 7.47. The van der Waals surface area contributed by atoms with Crippen molar-refractivity contribution in [2.24, 2.45) is 10.9 Å². The van der Waals surface area contributed by atoms with Gasteiger partial charge in [0.25, 0.3) is 0 Å². The van der Waals surface area contributed by atoms with Crippen LogP contribution in [0.5, 0.6) is 0 Å². The van der Waals surface area contributed by atoms with Gasteiger partial charge in [0.05, 0.1) is 5.75 Å². The fourth-order valence-corrected chi connectivity index (χ4v) is 2.29. The Bertz CT molecular complexity index is 370. The lowest BCUT2D eigenvalue weighted by molar-refractivity contribution is 0.518. The zero-order valence-electron chi connectivity index (χ0n) is 13.8. The van der Waals surface area contributed by atoms with E-state index >= 15 is 0 Å². The largest absolute Gasteiger partial charge is 0.356 e. The first-order chi connectivity index (χ1) is 9.35. The van der Waals surface area contributed by atoms with Crippen LogP contribution in [0.15, 0.2) is 4.99 Å². The van der Waals surface area contributed by atoms with E-state index in [2.05, 4.69) is 29.5 Å². The van der Waals surface area contributed by atoms with Crippen molar-refractivity contribution in [1.29, 1.82) is 0 Å². The molecule has 0 atom stereocenters. The van der Waals surface area contributed by atoms with E-state index in [1.807, 2.05) is 0 Å². The van der Waals surface area contributed by atoms with Crippen LogP contribution in [0.25, 0.3) is 0 Å². The Kier molecular flexibility index (Phi) is 15.0. The van der Waals surface area contributed by atoms with Gasteiger partial charge in [-0.3, -0.25) is 4.99 Å². The summed E-state index contributed by atoms with van der Waals surface area (Å²) in [4.78, 5) is 4.06. The minimum Gasteiger partial charge on any atom is -0.356 e. The van der Waals surface area contributed by atoms with E-state index in [4.69, 9.17) is 0 Å². The molecule has 0 unspecified atom stereocenters. The second-order valence-electron chi connectivity index (χ2n) is 5.65. The number of hydrogen-bond acceptors (Lipinski definition) is 3. The molecule has 0 rings (SSSR count). The summed E-state index contributed by atoms with van der Waals surface area (Å²) in [6, 6.07) is 0. The quantitative estimate of drug-likeness (QED) is 0.240. The summed E-state index contributed by atoms with van der Waals surface area (Å²) in [5.74, 6) is 1.60. The molecule has 0 aromatic carbocycles. The first kappa shape index (κ1) is 23.2. The first-order valence-corrected chi connectivity index (χ1v) is 9.53. The molecule has 0 aliphatic heterocycles. The molecule has 128 valence electrons. The molecule has 0 aromatic heterocycles. The molecular formula is C14H32IN3O2S. The highest BCUT2D eigenvalue weighted by molar-refractivity contribution is 14.0. The molecule has 21 heavy (non-hydrogen) atoms. The van der Waals surface area contributed by atoms with Crippen LogP contribution in [-0.4, -0.2) is 46.5 Å². The average molecular weight is 433 g/mol. The Morgan fingerprint density at radius 3 is 2.14 bits per heavy atom. The Balaban J connectivity index is 0. The Hall–Kier alpha value is -0.0500. The number of nitrogens with zero attached hydrogens (tertiary/aromatic N) is 1. The maximum absolute atomic E-state index is 11.0. The van der Waals surface area contributed by atoms with Crippen molar-refractivity contribution in [2.45, 2.75) is 46.0 Å². The highest BCUT2D eigenvalue weighted by Gasteiger charge is 2.02. The number of halogens is 1. The molecule has 0 bridgehead atoms. The molecule has 7 heteroatoms. The Morgan fingerprint density at radius 1 is 1.05 bits per heavy atom. The van der Waals surface area contributed by atoms with E-state index in [1.54, 1.807) is 7.05 Å². The highest BCUT2D eigenvalue weighted by Crippen LogP contribution is 2.08. The van der Waals surface area contributed by atoms with E-state index < -0.39 is 9.84 Å². The van der Waals surface area contributed by atoms with Crippen LogP contribution in [0, 0.1) is 5.92 Å².